The van der Waals surface area contributed by atoms with Crippen LogP contribution in [-0.2, 0) is 6.54 Å². The predicted molar refractivity (Wildman–Crippen MR) is 102 cm³/mol. The number of nitrogens with zero attached hydrogens (tertiary/aromatic N) is 3. The van der Waals surface area contributed by atoms with Gasteiger partial charge in [-0.15, -0.1) is 0 Å². The van der Waals surface area contributed by atoms with E-state index in [4.69, 9.17) is 33.2 Å². The van der Waals surface area contributed by atoms with E-state index in [0.29, 0.717) is 33.6 Å². The zero-order chi connectivity index (χ0) is 19.0. The zero-order valence-corrected chi connectivity index (χ0v) is 16.0. The Balaban J connectivity index is 1.36. The Labute approximate surface area is 167 Å². The minimum Gasteiger partial charge on any atom is -0.490 e. The van der Waals surface area contributed by atoms with Crippen LogP contribution in [0.15, 0.2) is 30.3 Å². The van der Waals surface area contributed by atoms with Crippen molar-refractivity contribution in [2.45, 2.75) is 44.4 Å². The molecule has 1 aliphatic heterocycles. The smallest absolute Gasteiger partial charge is 0.256 e. The van der Waals surface area contributed by atoms with E-state index in [2.05, 4.69) is 4.98 Å². The van der Waals surface area contributed by atoms with Crippen molar-refractivity contribution in [2.24, 2.45) is 0 Å². The van der Waals surface area contributed by atoms with E-state index in [1.54, 1.807) is 30.3 Å². The molecule has 1 aliphatic carbocycles. The van der Waals surface area contributed by atoms with E-state index in [-0.39, 0.29) is 18.1 Å². The molecule has 2 aliphatic rings. The van der Waals surface area contributed by atoms with E-state index in [0.717, 1.165) is 31.4 Å². The lowest BCUT2D eigenvalue weighted by Crippen LogP contribution is -2.40. The second-order valence-electron chi connectivity index (χ2n) is 6.86. The molecule has 1 aromatic carbocycles. The third-order valence-electron chi connectivity index (χ3n) is 5.20. The fraction of sp³-hybridized carbons (Fsp3) is 0.350. The lowest BCUT2D eigenvalue weighted by atomic mass is 9.92. The maximum absolute atomic E-state index is 12.6. The monoisotopic (exact) mass is 401 g/mol. The summed E-state index contributed by atoms with van der Waals surface area (Å²) in [5.74, 6) is 0.711. The molecule has 27 heavy (non-hydrogen) atoms. The van der Waals surface area contributed by atoms with Crippen LogP contribution in [0.25, 0.3) is 0 Å². The Morgan fingerprint density at radius 1 is 1.15 bits per heavy atom. The van der Waals surface area contributed by atoms with Gasteiger partial charge in [0.2, 0.25) is 0 Å². The summed E-state index contributed by atoms with van der Waals surface area (Å²) in [5, 5.41) is 9.76. The van der Waals surface area contributed by atoms with Gasteiger partial charge in [0.1, 0.15) is 17.0 Å². The van der Waals surface area contributed by atoms with Gasteiger partial charge in [0.15, 0.2) is 0 Å². The third kappa shape index (κ3) is 3.60. The fourth-order valence-corrected chi connectivity index (χ4v) is 4.18. The lowest BCUT2D eigenvalue weighted by Gasteiger charge is -2.34. The Morgan fingerprint density at radius 3 is 2.63 bits per heavy atom. The van der Waals surface area contributed by atoms with Gasteiger partial charge in [-0.1, -0.05) is 23.2 Å². The molecule has 0 radical (unpaired) electrons. The second kappa shape index (κ2) is 7.38. The van der Waals surface area contributed by atoms with Gasteiger partial charge in [-0.3, -0.25) is 4.79 Å². The van der Waals surface area contributed by atoms with Crippen molar-refractivity contribution in [3.63, 3.8) is 0 Å². The third-order valence-corrected chi connectivity index (χ3v) is 5.72. The van der Waals surface area contributed by atoms with Crippen LogP contribution in [0.4, 0.5) is 0 Å². The number of carbonyl (C=O) groups is 1. The quantitative estimate of drug-likeness (QED) is 0.704. The number of rotatable bonds is 3. The van der Waals surface area contributed by atoms with Gasteiger partial charge in [0, 0.05) is 12.1 Å². The molecule has 5 nitrogen and oxygen atoms in total. The summed E-state index contributed by atoms with van der Waals surface area (Å²) in [5.41, 5.74) is 1.86. The highest BCUT2D eigenvalue weighted by molar-refractivity contribution is 6.31. The highest BCUT2D eigenvalue weighted by Gasteiger charge is 2.36. The number of nitriles is 1. The number of aromatic nitrogens is 1. The molecule has 0 atom stereocenters. The first-order chi connectivity index (χ1) is 13.0. The van der Waals surface area contributed by atoms with Crippen LogP contribution in [0.2, 0.25) is 10.2 Å². The van der Waals surface area contributed by atoms with Crippen LogP contribution >= 0.6 is 23.2 Å². The number of halogens is 2. The molecule has 138 valence electrons. The molecule has 0 bridgehead atoms. The molecule has 1 fully saturated rings. The molecule has 0 saturated heterocycles. The number of amides is 1. The molecular weight excluding hydrogens is 385 g/mol. The number of hydrogen-bond donors (Lipinski definition) is 0. The molecule has 4 rings (SSSR count). The fourth-order valence-electron chi connectivity index (χ4n) is 3.80. The van der Waals surface area contributed by atoms with Crippen molar-refractivity contribution in [3.05, 3.63) is 57.3 Å². The molecule has 1 aromatic heterocycles. The zero-order valence-electron chi connectivity index (χ0n) is 14.5. The van der Waals surface area contributed by atoms with E-state index in [1.807, 2.05) is 11.0 Å². The van der Waals surface area contributed by atoms with Gasteiger partial charge >= 0.3 is 0 Å². The summed E-state index contributed by atoms with van der Waals surface area (Å²) in [6, 6.07) is 10.8. The predicted octanol–water partition coefficient (Wildman–Crippen LogP) is 4.61. The average molecular weight is 402 g/mol. The number of fused-ring (bicyclic) bond motifs is 1. The van der Waals surface area contributed by atoms with Gasteiger partial charge in [-0.25, -0.2) is 4.98 Å². The van der Waals surface area contributed by atoms with Crippen LogP contribution in [0.1, 0.15) is 47.3 Å². The van der Waals surface area contributed by atoms with E-state index < -0.39 is 0 Å². The van der Waals surface area contributed by atoms with Gasteiger partial charge < -0.3 is 9.64 Å². The van der Waals surface area contributed by atoms with Crippen LogP contribution in [-0.4, -0.2) is 27.9 Å². The molecule has 1 saturated carbocycles. The van der Waals surface area contributed by atoms with Gasteiger partial charge in [0.25, 0.3) is 5.91 Å². The van der Waals surface area contributed by atoms with Crippen LogP contribution < -0.4 is 4.74 Å². The summed E-state index contributed by atoms with van der Waals surface area (Å²) in [7, 11) is 0. The number of hydrogen-bond acceptors (Lipinski definition) is 4. The van der Waals surface area contributed by atoms with Crippen molar-refractivity contribution >= 4 is 29.1 Å². The van der Waals surface area contributed by atoms with Crippen molar-refractivity contribution in [3.8, 4) is 11.8 Å². The first-order valence-electron chi connectivity index (χ1n) is 8.88. The molecule has 7 heteroatoms. The van der Waals surface area contributed by atoms with Crippen molar-refractivity contribution < 1.29 is 9.53 Å². The van der Waals surface area contributed by atoms with E-state index in [9.17, 15) is 4.79 Å². The van der Waals surface area contributed by atoms with Gasteiger partial charge in [-0.05, 0) is 49.9 Å². The summed E-state index contributed by atoms with van der Waals surface area (Å²) in [6.07, 6.45) is 3.55. The SMILES string of the molecule is N#Cc1ccc(O[C@H]2CC[C@H](N3Cc4nc(Cl)ccc4C3=O)CC2)cc1Cl. The lowest BCUT2D eigenvalue weighted by molar-refractivity contribution is 0.0560. The van der Waals surface area contributed by atoms with E-state index >= 15 is 0 Å². The van der Waals surface area contributed by atoms with E-state index in [1.165, 1.54) is 0 Å². The Hall–Kier alpha value is -2.29. The topological polar surface area (TPSA) is 66.2 Å². The van der Waals surface area contributed by atoms with Crippen molar-refractivity contribution in [1.82, 2.24) is 9.88 Å². The summed E-state index contributed by atoms with van der Waals surface area (Å²) < 4.78 is 6.02. The molecule has 0 spiro atoms. The minimum absolute atomic E-state index is 0.0393. The standard InChI is InChI=1S/C20H17Cl2N3O2/c21-17-9-15(4-1-12(17)10-23)27-14-5-2-13(3-6-14)25-11-18-16(20(25)26)7-8-19(22)24-18/h1,4,7-9,13-14H,2-3,5-6,11H2/t13-,14-. The molecule has 0 unspecified atom stereocenters. The first kappa shape index (κ1) is 18.1. The molecular formula is C20H17Cl2N3O2. The highest BCUT2D eigenvalue weighted by Crippen LogP contribution is 2.33. The molecule has 1 amide bonds. The molecule has 2 aromatic rings. The Bertz CT molecular complexity index is 933. The first-order valence-corrected chi connectivity index (χ1v) is 9.63. The maximum atomic E-state index is 12.6. The largest absolute Gasteiger partial charge is 0.490 e. The second-order valence-corrected chi connectivity index (χ2v) is 7.66. The summed E-state index contributed by atoms with van der Waals surface area (Å²) in [4.78, 5) is 18.8. The normalized spacial score (nSPS) is 21.7. The maximum Gasteiger partial charge on any atom is 0.256 e. The van der Waals surface area contributed by atoms with Crippen molar-refractivity contribution in [2.75, 3.05) is 0 Å². The Kier molecular flexibility index (Phi) is 4.94. The molecule has 0 N–H and O–H groups in total. The summed E-state index contributed by atoms with van der Waals surface area (Å²) >= 11 is 12.0. The molecule has 2 heterocycles. The van der Waals surface area contributed by atoms with Gasteiger partial charge in [-0.2, -0.15) is 5.26 Å². The van der Waals surface area contributed by atoms with Crippen LogP contribution in [0.3, 0.4) is 0 Å². The van der Waals surface area contributed by atoms with Crippen molar-refractivity contribution in [1.29, 1.82) is 5.26 Å². The highest BCUT2D eigenvalue weighted by atomic mass is 35.5. The summed E-state index contributed by atoms with van der Waals surface area (Å²) in [6.45, 7) is 0.524. The minimum atomic E-state index is 0.0393. The average Bonchev–Trinajstić information content (AvgIpc) is 2.98. The van der Waals surface area contributed by atoms with Gasteiger partial charge in [0.05, 0.1) is 34.5 Å². The van der Waals surface area contributed by atoms with Crippen LogP contribution in [0.5, 0.6) is 5.75 Å². The Morgan fingerprint density at radius 2 is 1.93 bits per heavy atom. The number of carbonyl (C=O) groups excluding carboxylic acids is 1. The number of pyridine rings is 1. The number of benzene rings is 1. The number of ether oxygens (including phenoxy) is 1. The van der Waals surface area contributed by atoms with Crippen LogP contribution in [0, 0.1) is 11.3 Å².